The van der Waals surface area contributed by atoms with Crippen molar-refractivity contribution in [3.63, 3.8) is 0 Å². The van der Waals surface area contributed by atoms with Gasteiger partial charge in [-0.25, -0.2) is 14.6 Å². The number of esters is 1. The first kappa shape index (κ1) is 25.2. The van der Waals surface area contributed by atoms with Crippen molar-refractivity contribution in [3.05, 3.63) is 70.8 Å². The summed E-state index contributed by atoms with van der Waals surface area (Å²) in [6, 6.07) is 14.2. The molecule has 2 aromatic rings. The van der Waals surface area contributed by atoms with E-state index in [-0.39, 0.29) is 12.2 Å². The predicted octanol–water partition coefficient (Wildman–Crippen LogP) is 3.74. The quantitative estimate of drug-likeness (QED) is 0.444. The van der Waals surface area contributed by atoms with Crippen LogP contribution in [0.2, 0.25) is 0 Å². The molecule has 4 atom stereocenters. The van der Waals surface area contributed by atoms with Crippen molar-refractivity contribution in [3.8, 4) is 0 Å². The number of hydrogen-bond donors (Lipinski definition) is 0. The van der Waals surface area contributed by atoms with Gasteiger partial charge in [0.15, 0.2) is 0 Å². The van der Waals surface area contributed by atoms with Gasteiger partial charge < -0.3 is 4.74 Å². The van der Waals surface area contributed by atoms with Gasteiger partial charge in [0.05, 0.1) is 41.7 Å². The lowest BCUT2D eigenvalue weighted by molar-refractivity contribution is -0.155. The van der Waals surface area contributed by atoms with Crippen molar-refractivity contribution in [2.45, 2.75) is 34.6 Å². The van der Waals surface area contributed by atoms with E-state index in [1.165, 1.54) is 9.80 Å². The average molecular weight is 527 g/mol. The fourth-order valence-corrected chi connectivity index (χ4v) is 7.85. The molecule has 200 valence electrons. The first-order valence-electron chi connectivity index (χ1n) is 13.3. The topological polar surface area (TPSA) is 101 Å². The molecule has 5 aliphatic rings. The number of carbonyl (C=O) groups excluding carboxylic acids is 5. The number of ether oxygens (including phenoxy) is 1. The Kier molecular flexibility index (Phi) is 5.47. The van der Waals surface area contributed by atoms with Gasteiger partial charge in [-0.3, -0.25) is 19.2 Å². The van der Waals surface area contributed by atoms with E-state index in [4.69, 9.17) is 4.74 Å². The standard InChI is InChI=1S/C31H30N2O6/c1-6-39-30(38)23-17(4)20-21-24(28(36)32(26(21)34)18-11-7-9-15(2)13-18)31(23,5)25-22(20)27(35)33(29(25)37)19-12-8-10-16(3)14-19/h7-14,20-22,24-25H,6H2,1-5H3. The Labute approximate surface area is 226 Å². The van der Waals surface area contributed by atoms with Gasteiger partial charge in [-0.05, 0) is 63.1 Å². The van der Waals surface area contributed by atoms with Crippen LogP contribution >= 0.6 is 0 Å². The molecule has 0 N–H and O–H groups in total. The summed E-state index contributed by atoms with van der Waals surface area (Å²) in [5.41, 5.74) is 2.05. The van der Waals surface area contributed by atoms with E-state index < -0.39 is 64.6 Å². The molecule has 1 saturated carbocycles. The molecular weight excluding hydrogens is 496 g/mol. The van der Waals surface area contributed by atoms with E-state index in [1.54, 1.807) is 57.2 Å². The van der Waals surface area contributed by atoms with Crippen molar-refractivity contribution in [1.29, 1.82) is 0 Å². The van der Waals surface area contributed by atoms with Crippen LogP contribution in [0.5, 0.6) is 0 Å². The fourth-order valence-electron chi connectivity index (χ4n) is 7.85. The van der Waals surface area contributed by atoms with Gasteiger partial charge in [0.1, 0.15) is 0 Å². The number of aryl methyl sites for hydroxylation is 2. The number of nitrogens with zero attached hydrogens (tertiary/aromatic N) is 2. The highest BCUT2D eigenvalue weighted by Crippen LogP contribution is 2.68. The highest BCUT2D eigenvalue weighted by molar-refractivity contribution is 6.27. The van der Waals surface area contributed by atoms with Crippen LogP contribution < -0.4 is 9.80 Å². The van der Waals surface area contributed by atoms with Gasteiger partial charge in [-0.15, -0.1) is 0 Å². The SMILES string of the molecule is CCOC(=O)C1=C(C)C2C3C(=O)N(c4cccc(C)c4)C(=O)C3C1(C)C1C(=O)N(c3cccc(C)c3)C(=O)C21. The zero-order chi connectivity index (χ0) is 28.0. The Bertz CT molecular complexity index is 1430. The summed E-state index contributed by atoms with van der Waals surface area (Å²) in [6.45, 7) is 8.99. The van der Waals surface area contributed by atoms with Gasteiger partial charge in [0, 0.05) is 16.9 Å². The summed E-state index contributed by atoms with van der Waals surface area (Å²) in [7, 11) is 0. The van der Waals surface area contributed by atoms with E-state index in [0.29, 0.717) is 16.9 Å². The van der Waals surface area contributed by atoms with Crippen LogP contribution in [0.4, 0.5) is 11.4 Å². The molecule has 0 spiro atoms. The van der Waals surface area contributed by atoms with Gasteiger partial charge in [0.25, 0.3) is 0 Å². The van der Waals surface area contributed by atoms with E-state index in [0.717, 1.165) is 11.1 Å². The summed E-state index contributed by atoms with van der Waals surface area (Å²) in [4.78, 5) is 72.3. The molecule has 2 heterocycles. The molecule has 2 aliphatic heterocycles. The Morgan fingerprint density at radius 1 is 0.769 bits per heavy atom. The van der Waals surface area contributed by atoms with Gasteiger partial charge in [-0.2, -0.15) is 0 Å². The third kappa shape index (κ3) is 3.14. The van der Waals surface area contributed by atoms with Crippen LogP contribution in [0.3, 0.4) is 0 Å². The smallest absolute Gasteiger partial charge is 0.334 e. The summed E-state index contributed by atoms with van der Waals surface area (Å²) >= 11 is 0. The minimum atomic E-state index is -1.41. The highest BCUT2D eigenvalue weighted by Gasteiger charge is 2.77. The molecule has 4 amide bonds. The zero-order valence-corrected chi connectivity index (χ0v) is 22.6. The van der Waals surface area contributed by atoms with Crippen molar-refractivity contribution in [2.75, 3.05) is 16.4 Å². The Morgan fingerprint density at radius 2 is 1.23 bits per heavy atom. The second-order valence-corrected chi connectivity index (χ2v) is 11.3. The lowest BCUT2D eigenvalue weighted by Gasteiger charge is -2.55. The number of rotatable bonds is 4. The number of allylic oxidation sites excluding steroid dienone is 1. The van der Waals surface area contributed by atoms with Crippen molar-refractivity contribution in [1.82, 2.24) is 0 Å². The number of amides is 4. The molecule has 3 fully saturated rings. The Hall–Kier alpha value is -4.07. The van der Waals surface area contributed by atoms with Gasteiger partial charge in [0.2, 0.25) is 23.6 Å². The molecule has 3 aliphatic carbocycles. The predicted molar refractivity (Wildman–Crippen MR) is 142 cm³/mol. The number of benzene rings is 2. The number of imide groups is 2. The highest BCUT2D eigenvalue weighted by atomic mass is 16.5. The minimum Gasteiger partial charge on any atom is -0.463 e. The van der Waals surface area contributed by atoms with E-state index >= 15 is 0 Å². The molecule has 2 bridgehead atoms. The van der Waals surface area contributed by atoms with Crippen LogP contribution in [0.25, 0.3) is 0 Å². The van der Waals surface area contributed by atoms with E-state index in [9.17, 15) is 24.0 Å². The summed E-state index contributed by atoms with van der Waals surface area (Å²) < 4.78 is 5.43. The fraction of sp³-hybridized carbons (Fsp3) is 0.387. The first-order valence-corrected chi connectivity index (χ1v) is 13.3. The second kappa shape index (κ2) is 8.46. The van der Waals surface area contributed by atoms with Crippen molar-refractivity contribution in [2.24, 2.45) is 35.0 Å². The number of hydrogen-bond acceptors (Lipinski definition) is 6. The van der Waals surface area contributed by atoms with Crippen LogP contribution in [-0.4, -0.2) is 36.2 Å². The third-order valence-corrected chi connectivity index (χ3v) is 9.20. The monoisotopic (exact) mass is 526 g/mol. The van der Waals surface area contributed by atoms with E-state index in [2.05, 4.69) is 0 Å². The minimum absolute atomic E-state index is 0.114. The average Bonchev–Trinajstić information content (AvgIpc) is 3.30. The maximum atomic E-state index is 14.2. The largest absolute Gasteiger partial charge is 0.463 e. The summed E-state index contributed by atoms with van der Waals surface area (Å²) in [5, 5.41) is 0. The molecule has 0 radical (unpaired) electrons. The summed E-state index contributed by atoms with van der Waals surface area (Å²) in [6.07, 6.45) is 0. The lowest BCUT2D eigenvalue weighted by Crippen LogP contribution is -2.61. The lowest BCUT2D eigenvalue weighted by atomic mass is 9.43. The maximum Gasteiger partial charge on any atom is 0.334 e. The van der Waals surface area contributed by atoms with Crippen LogP contribution in [0.15, 0.2) is 59.7 Å². The molecule has 7 rings (SSSR count). The number of carbonyl (C=O) groups is 5. The maximum absolute atomic E-state index is 14.2. The molecule has 39 heavy (non-hydrogen) atoms. The van der Waals surface area contributed by atoms with Gasteiger partial charge >= 0.3 is 5.97 Å². The third-order valence-electron chi connectivity index (χ3n) is 9.20. The molecule has 0 aromatic heterocycles. The van der Waals surface area contributed by atoms with E-state index in [1.807, 2.05) is 26.0 Å². The molecule has 8 nitrogen and oxygen atoms in total. The molecule has 2 aromatic carbocycles. The molecule has 2 saturated heterocycles. The first-order chi connectivity index (χ1) is 18.5. The zero-order valence-electron chi connectivity index (χ0n) is 22.6. The summed E-state index contributed by atoms with van der Waals surface area (Å²) in [5.74, 6) is -6.78. The molecular formula is C31H30N2O6. The van der Waals surface area contributed by atoms with Crippen molar-refractivity contribution >= 4 is 41.0 Å². The Balaban J connectivity index is 1.55. The molecule has 8 heteroatoms. The van der Waals surface area contributed by atoms with Gasteiger partial charge in [-0.1, -0.05) is 36.8 Å². The Morgan fingerprint density at radius 3 is 1.64 bits per heavy atom. The van der Waals surface area contributed by atoms with Crippen molar-refractivity contribution < 1.29 is 28.7 Å². The molecule has 4 unspecified atom stereocenters. The second-order valence-electron chi connectivity index (χ2n) is 11.3. The van der Waals surface area contributed by atoms with Crippen LogP contribution in [-0.2, 0) is 28.7 Å². The number of anilines is 2. The normalized spacial score (nSPS) is 31.3. The van der Waals surface area contributed by atoms with Crippen LogP contribution in [0.1, 0.15) is 31.9 Å². The van der Waals surface area contributed by atoms with Crippen LogP contribution in [0, 0.1) is 48.9 Å².